The molecule has 0 unspecified atom stereocenters. The van der Waals surface area contributed by atoms with Crippen molar-refractivity contribution >= 4 is 15.9 Å². The van der Waals surface area contributed by atoms with Crippen LogP contribution in [0.3, 0.4) is 0 Å². The number of carbonyl (C=O) groups excluding carboxylic acids is 1. The third-order valence-electron chi connectivity index (χ3n) is 4.36. The van der Waals surface area contributed by atoms with Crippen LogP contribution in [0.25, 0.3) is 0 Å². The number of nitrogens with one attached hydrogen (secondary N) is 1. The first-order chi connectivity index (χ1) is 13.0. The number of hydrogen-bond acceptors (Lipinski definition) is 4. The summed E-state index contributed by atoms with van der Waals surface area (Å²) in [5, 5.41) is 2.75. The lowest BCUT2D eigenvalue weighted by atomic mass is 10.1. The fraction of sp³-hybridized carbons (Fsp3) is 0.316. The lowest BCUT2D eigenvalue weighted by molar-refractivity contribution is 0.0730. The van der Waals surface area contributed by atoms with Crippen molar-refractivity contribution in [3.8, 4) is 0 Å². The summed E-state index contributed by atoms with van der Waals surface area (Å²) in [7, 11) is -3.89. The van der Waals surface area contributed by atoms with E-state index >= 15 is 0 Å². The van der Waals surface area contributed by atoms with Crippen LogP contribution < -0.4 is 5.32 Å². The van der Waals surface area contributed by atoms with Crippen LogP contribution in [-0.4, -0.2) is 44.9 Å². The summed E-state index contributed by atoms with van der Waals surface area (Å²) in [5.74, 6) is -0.414. The van der Waals surface area contributed by atoms with Gasteiger partial charge < -0.3 is 10.1 Å². The molecule has 6 nitrogen and oxygen atoms in total. The van der Waals surface area contributed by atoms with E-state index in [9.17, 15) is 17.6 Å². The molecule has 0 aliphatic carbocycles. The molecule has 0 radical (unpaired) electrons. The first kappa shape index (κ1) is 19.5. The SMILES string of the molecule is O=C(NCc1ccccc1)c1ccc(CF)c(S(=O)(=O)N2CCOCC2)c1. The molecule has 8 heteroatoms. The normalized spacial score (nSPS) is 15.4. The fourth-order valence-corrected chi connectivity index (χ4v) is 4.49. The number of sulfonamides is 1. The molecule has 27 heavy (non-hydrogen) atoms. The molecule has 1 aliphatic rings. The van der Waals surface area contributed by atoms with Crippen LogP contribution >= 0.6 is 0 Å². The Kier molecular flexibility index (Phi) is 6.20. The van der Waals surface area contributed by atoms with Gasteiger partial charge in [0.05, 0.1) is 18.1 Å². The van der Waals surface area contributed by atoms with Gasteiger partial charge in [0.25, 0.3) is 5.91 Å². The van der Waals surface area contributed by atoms with Gasteiger partial charge in [-0.05, 0) is 17.7 Å². The molecule has 1 N–H and O–H groups in total. The Hall–Kier alpha value is -2.29. The molecule has 0 spiro atoms. The minimum absolute atomic E-state index is 0.0427. The minimum Gasteiger partial charge on any atom is -0.379 e. The average Bonchev–Trinajstić information content (AvgIpc) is 2.73. The molecule has 0 aromatic heterocycles. The number of hydrogen-bond donors (Lipinski definition) is 1. The number of carbonyl (C=O) groups is 1. The van der Waals surface area contributed by atoms with Gasteiger partial charge in [-0.25, -0.2) is 12.8 Å². The van der Waals surface area contributed by atoms with Crippen molar-refractivity contribution in [3.63, 3.8) is 0 Å². The molecule has 0 atom stereocenters. The lowest BCUT2D eigenvalue weighted by Gasteiger charge is -2.27. The van der Waals surface area contributed by atoms with Crippen molar-refractivity contribution in [1.82, 2.24) is 9.62 Å². The Morgan fingerprint density at radius 1 is 1.11 bits per heavy atom. The largest absolute Gasteiger partial charge is 0.379 e. The van der Waals surface area contributed by atoms with Crippen LogP contribution in [0.15, 0.2) is 53.4 Å². The summed E-state index contributed by atoms with van der Waals surface area (Å²) in [6, 6.07) is 13.4. The van der Waals surface area contributed by atoms with Gasteiger partial charge in [-0.2, -0.15) is 4.31 Å². The predicted octanol–water partition coefficient (Wildman–Crippen LogP) is 2.11. The summed E-state index contributed by atoms with van der Waals surface area (Å²) in [5.41, 5.74) is 1.14. The molecule has 1 saturated heterocycles. The summed E-state index contributed by atoms with van der Waals surface area (Å²) >= 11 is 0. The Balaban J connectivity index is 1.83. The maximum atomic E-state index is 13.4. The van der Waals surface area contributed by atoms with Gasteiger partial charge in [0.15, 0.2) is 0 Å². The zero-order chi connectivity index (χ0) is 19.3. The molecule has 1 fully saturated rings. The van der Waals surface area contributed by atoms with E-state index in [-0.39, 0.29) is 29.1 Å². The molecular formula is C19H21FN2O4S. The molecule has 1 heterocycles. The van der Waals surface area contributed by atoms with E-state index in [1.165, 1.54) is 22.5 Å². The van der Waals surface area contributed by atoms with Gasteiger partial charge in [-0.3, -0.25) is 4.79 Å². The molecular weight excluding hydrogens is 371 g/mol. The van der Waals surface area contributed by atoms with E-state index in [0.717, 1.165) is 5.56 Å². The van der Waals surface area contributed by atoms with Gasteiger partial charge in [0.2, 0.25) is 10.0 Å². The minimum atomic E-state index is -3.89. The quantitative estimate of drug-likeness (QED) is 0.817. The van der Waals surface area contributed by atoms with E-state index in [2.05, 4.69) is 5.32 Å². The van der Waals surface area contributed by atoms with Crippen molar-refractivity contribution in [2.45, 2.75) is 18.1 Å². The summed E-state index contributed by atoms with van der Waals surface area (Å²) < 4.78 is 45.6. The maximum absolute atomic E-state index is 13.4. The highest BCUT2D eigenvalue weighted by Crippen LogP contribution is 2.24. The topological polar surface area (TPSA) is 75.7 Å². The number of benzene rings is 2. The van der Waals surface area contributed by atoms with Crippen LogP contribution in [0, 0.1) is 0 Å². The van der Waals surface area contributed by atoms with E-state index < -0.39 is 22.6 Å². The standard InChI is InChI=1S/C19H21FN2O4S/c20-13-17-7-6-16(19(23)21-14-15-4-2-1-3-5-15)12-18(17)27(24,25)22-8-10-26-11-9-22/h1-7,12H,8-11,13-14H2,(H,21,23). The molecule has 2 aromatic rings. The number of nitrogens with zero attached hydrogens (tertiary/aromatic N) is 1. The summed E-state index contributed by atoms with van der Waals surface area (Å²) in [4.78, 5) is 12.3. The van der Waals surface area contributed by atoms with Crippen LogP contribution in [-0.2, 0) is 28.0 Å². The van der Waals surface area contributed by atoms with Crippen LogP contribution in [0.2, 0.25) is 0 Å². The van der Waals surface area contributed by atoms with E-state index in [1.54, 1.807) is 0 Å². The van der Waals surface area contributed by atoms with Gasteiger partial charge in [0, 0.05) is 30.8 Å². The Labute approximate surface area is 158 Å². The fourth-order valence-electron chi connectivity index (χ4n) is 2.85. The first-order valence-electron chi connectivity index (χ1n) is 8.61. The molecule has 3 rings (SSSR count). The molecule has 2 aromatic carbocycles. The van der Waals surface area contributed by atoms with Gasteiger partial charge >= 0.3 is 0 Å². The number of halogens is 1. The second kappa shape index (κ2) is 8.60. The highest BCUT2D eigenvalue weighted by molar-refractivity contribution is 7.89. The zero-order valence-electron chi connectivity index (χ0n) is 14.7. The highest BCUT2D eigenvalue weighted by Gasteiger charge is 2.29. The van der Waals surface area contributed by atoms with Crippen molar-refractivity contribution in [3.05, 3.63) is 65.2 Å². The zero-order valence-corrected chi connectivity index (χ0v) is 15.5. The number of amides is 1. The van der Waals surface area contributed by atoms with E-state index in [4.69, 9.17) is 4.74 Å². The molecule has 1 amide bonds. The number of alkyl halides is 1. The van der Waals surface area contributed by atoms with Gasteiger partial charge in [0.1, 0.15) is 6.67 Å². The van der Waals surface area contributed by atoms with Gasteiger partial charge in [-0.1, -0.05) is 36.4 Å². The number of rotatable bonds is 6. The van der Waals surface area contributed by atoms with E-state index in [1.807, 2.05) is 30.3 Å². The number of morpholine rings is 1. The van der Waals surface area contributed by atoms with Crippen LogP contribution in [0.1, 0.15) is 21.5 Å². The molecule has 144 valence electrons. The predicted molar refractivity (Wildman–Crippen MR) is 98.4 cm³/mol. The summed E-state index contributed by atoms with van der Waals surface area (Å²) in [6.45, 7) is 0.390. The second-order valence-corrected chi connectivity index (χ2v) is 8.05. The van der Waals surface area contributed by atoms with Crippen molar-refractivity contribution in [2.75, 3.05) is 26.3 Å². The third-order valence-corrected chi connectivity index (χ3v) is 6.34. The highest BCUT2D eigenvalue weighted by atomic mass is 32.2. The second-order valence-electron chi connectivity index (χ2n) is 6.14. The first-order valence-corrected chi connectivity index (χ1v) is 10.1. The van der Waals surface area contributed by atoms with Crippen LogP contribution in [0.5, 0.6) is 0 Å². The van der Waals surface area contributed by atoms with Crippen LogP contribution in [0.4, 0.5) is 4.39 Å². The van der Waals surface area contributed by atoms with Crippen molar-refractivity contribution in [2.24, 2.45) is 0 Å². The Bertz CT molecular complexity index is 897. The third kappa shape index (κ3) is 4.52. The van der Waals surface area contributed by atoms with Crippen molar-refractivity contribution in [1.29, 1.82) is 0 Å². The molecule has 0 bridgehead atoms. The smallest absolute Gasteiger partial charge is 0.251 e. The Morgan fingerprint density at radius 3 is 2.48 bits per heavy atom. The lowest BCUT2D eigenvalue weighted by Crippen LogP contribution is -2.41. The monoisotopic (exact) mass is 392 g/mol. The Morgan fingerprint density at radius 2 is 1.81 bits per heavy atom. The maximum Gasteiger partial charge on any atom is 0.251 e. The van der Waals surface area contributed by atoms with E-state index in [0.29, 0.717) is 19.8 Å². The molecule has 1 aliphatic heterocycles. The number of ether oxygens (including phenoxy) is 1. The van der Waals surface area contributed by atoms with Gasteiger partial charge in [-0.15, -0.1) is 0 Å². The molecule has 0 saturated carbocycles. The average molecular weight is 392 g/mol. The van der Waals surface area contributed by atoms with Crippen molar-refractivity contribution < 1.29 is 22.3 Å². The summed E-state index contributed by atoms with van der Waals surface area (Å²) in [6.07, 6.45) is 0.